The lowest BCUT2D eigenvalue weighted by molar-refractivity contribution is -0.140. The second kappa shape index (κ2) is 13.2. The highest BCUT2D eigenvalue weighted by Crippen LogP contribution is 2.31. The van der Waals surface area contributed by atoms with Crippen LogP contribution in [0.2, 0.25) is 0 Å². The first kappa shape index (κ1) is 30.6. The number of ether oxygens (including phenoxy) is 1. The summed E-state index contributed by atoms with van der Waals surface area (Å²) in [5.41, 5.74) is 2.80. The summed E-state index contributed by atoms with van der Waals surface area (Å²) in [5, 5.41) is 7.47. The number of anilines is 2. The summed E-state index contributed by atoms with van der Waals surface area (Å²) in [6.45, 7) is 4.03. The quantitative estimate of drug-likeness (QED) is 0.390. The van der Waals surface area contributed by atoms with Crippen LogP contribution in [0.5, 0.6) is 5.75 Å². The molecule has 0 saturated carbocycles. The number of rotatable bonds is 7. The predicted molar refractivity (Wildman–Crippen MR) is 164 cm³/mol. The Labute approximate surface area is 250 Å². The largest absolute Gasteiger partial charge is 0.495 e. The Bertz CT molecular complexity index is 1490. The first-order valence-electron chi connectivity index (χ1n) is 14.6. The lowest BCUT2D eigenvalue weighted by atomic mass is 10.0. The zero-order valence-corrected chi connectivity index (χ0v) is 24.9. The average molecular weight is 597 g/mol. The first-order chi connectivity index (χ1) is 20.6. The van der Waals surface area contributed by atoms with Gasteiger partial charge in [0.15, 0.2) is 0 Å². The Kier molecular flexibility index (Phi) is 9.37. The molecule has 3 aromatic rings. The fourth-order valence-electron chi connectivity index (χ4n) is 5.67. The molecule has 1 aromatic heterocycles. The third-order valence-electron chi connectivity index (χ3n) is 8.18. The van der Waals surface area contributed by atoms with E-state index in [1.54, 1.807) is 36.4 Å². The Morgan fingerprint density at radius 3 is 2.40 bits per heavy atom. The van der Waals surface area contributed by atoms with Gasteiger partial charge in [0, 0.05) is 48.9 Å². The number of alkyl halides is 3. The van der Waals surface area contributed by atoms with Crippen LogP contribution in [0.1, 0.15) is 28.9 Å². The van der Waals surface area contributed by atoms with Gasteiger partial charge in [-0.05, 0) is 82.3 Å². The highest BCUT2D eigenvalue weighted by Gasteiger charge is 2.30. The van der Waals surface area contributed by atoms with E-state index in [0.29, 0.717) is 41.3 Å². The molecular weight excluding hydrogens is 557 g/mol. The molecule has 0 bridgehead atoms. The number of halogens is 3. The topological polar surface area (TPSA) is 65.0 Å². The van der Waals surface area contributed by atoms with Crippen LogP contribution in [0.15, 0.2) is 42.5 Å². The molecule has 2 aliphatic heterocycles. The first-order valence-corrected chi connectivity index (χ1v) is 14.6. The molecule has 2 N–H and O–H groups in total. The number of nitrogens with one attached hydrogen (secondary N) is 2. The van der Waals surface area contributed by atoms with E-state index in [1.807, 2.05) is 18.0 Å². The van der Waals surface area contributed by atoms with Gasteiger partial charge < -0.3 is 34.6 Å². The molecule has 0 atom stereocenters. The summed E-state index contributed by atoms with van der Waals surface area (Å²) < 4.78 is 47.6. The van der Waals surface area contributed by atoms with Gasteiger partial charge in [0.2, 0.25) is 0 Å². The van der Waals surface area contributed by atoms with Gasteiger partial charge in [0.1, 0.15) is 12.3 Å². The van der Waals surface area contributed by atoms with E-state index in [1.165, 1.54) is 11.7 Å². The normalized spacial score (nSPS) is 17.0. The summed E-state index contributed by atoms with van der Waals surface area (Å²) in [5.74, 6) is 6.39. The van der Waals surface area contributed by atoms with Gasteiger partial charge in [-0.1, -0.05) is 12.0 Å². The number of benzene rings is 2. The van der Waals surface area contributed by atoms with Crippen molar-refractivity contribution in [1.29, 1.82) is 0 Å². The molecule has 230 valence electrons. The SMILES string of the molecule is COc1cc(C(=O)N2CCN(C)CC2)ccc1NCC#Cc1cc2c(NC3CCN(C)CC3)cccc2n1CC(F)(F)F. The van der Waals surface area contributed by atoms with Crippen LogP contribution in [-0.2, 0) is 6.54 Å². The molecule has 11 heteroatoms. The summed E-state index contributed by atoms with van der Waals surface area (Å²) in [4.78, 5) is 19.3. The summed E-state index contributed by atoms with van der Waals surface area (Å²) in [6.07, 6.45) is -2.44. The fourth-order valence-corrected chi connectivity index (χ4v) is 5.67. The highest BCUT2D eigenvalue weighted by atomic mass is 19.4. The fraction of sp³-hybridized carbons (Fsp3) is 0.469. The van der Waals surface area contributed by atoms with E-state index in [9.17, 15) is 18.0 Å². The molecule has 5 rings (SSSR count). The molecule has 0 aliphatic carbocycles. The molecule has 2 saturated heterocycles. The van der Waals surface area contributed by atoms with Crippen molar-refractivity contribution in [2.45, 2.75) is 31.6 Å². The molecule has 2 aliphatic rings. The lowest BCUT2D eigenvalue weighted by Gasteiger charge is -2.32. The van der Waals surface area contributed by atoms with E-state index in [-0.39, 0.29) is 18.5 Å². The van der Waals surface area contributed by atoms with Crippen molar-refractivity contribution >= 4 is 28.2 Å². The van der Waals surface area contributed by atoms with Crippen molar-refractivity contribution in [3.63, 3.8) is 0 Å². The second-order valence-electron chi connectivity index (χ2n) is 11.4. The van der Waals surface area contributed by atoms with Crippen LogP contribution in [0.3, 0.4) is 0 Å². The third kappa shape index (κ3) is 7.56. The van der Waals surface area contributed by atoms with Crippen molar-refractivity contribution in [1.82, 2.24) is 19.3 Å². The number of carbonyl (C=O) groups is 1. The number of likely N-dealkylation sites (N-methyl/N-ethyl adjacent to an activating group) is 1. The number of methoxy groups -OCH3 is 1. The van der Waals surface area contributed by atoms with Crippen molar-refractivity contribution in [2.75, 3.05) is 77.7 Å². The predicted octanol–water partition coefficient (Wildman–Crippen LogP) is 4.57. The maximum Gasteiger partial charge on any atom is 0.406 e. The van der Waals surface area contributed by atoms with E-state index in [4.69, 9.17) is 4.74 Å². The minimum absolute atomic E-state index is 0.0417. The summed E-state index contributed by atoms with van der Waals surface area (Å²) in [6, 6.07) is 12.6. The van der Waals surface area contributed by atoms with Gasteiger partial charge >= 0.3 is 6.18 Å². The van der Waals surface area contributed by atoms with Crippen LogP contribution < -0.4 is 15.4 Å². The van der Waals surface area contributed by atoms with Gasteiger partial charge in [0.25, 0.3) is 5.91 Å². The molecule has 2 aromatic carbocycles. The molecule has 3 heterocycles. The van der Waals surface area contributed by atoms with Crippen LogP contribution in [-0.4, -0.2) is 104 Å². The molecule has 0 radical (unpaired) electrons. The van der Waals surface area contributed by atoms with E-state index >= 15 is 0 Å². The number of amides is 1. The third-order valence-corrected chi connectivity index (χ3v) is 8.18. The minimum atomic E-state index is -4.39. The minimum Gasteiger partial charge on any atom is -0.495 e. The van der Waals surface area contributed by atoms with Gasteiger partial charge in [-0.2, -0.15) is 13.2 Å². The molecule has 2 fully saturated rings. The maximum atomic E-state index is 13.6. The van der Waals surface area contributed by atoms with E-state index < -0.39 is 12.7 Å². The number of fused-ring (bicyclic) bond motifs is 1. The second-order valence-corrected chi connectivity index (χ2v) is 11.4. The number of nitrogens with zero attached hydrogens (tertiary/aromatic N) is 4. The van der Waals surface area contributed by atoms with E-state index in [2.05, 4.69) is 39.3 Å². The standard InChI is InChI=1S/C32H39F3N6O2/c1-38-14-11-24(12-15-38)37-27-7-4-8-29-26(27)21-25(41(29)22-32(33,34)35)6-5-13-36-28-10-9-23(20-30(28)43-3)31(42)40-18-16-39(2)17-19-40/h4,7-10,20-21,24,36-37H,11-19,22H2,1-3H3. The number of piperazine rings is 1. The van der Waals surface area contributed by atoms with Gasteiger partial charge in [-0.15, -0.1) is 0 Å². The number of hydrogen-bond donors (Lipinski definition) is 2. The number of carbonyl (C=O) groups excluding carboxylic acids is 1. The van der Waals surface area contributed by atoms with Crippen LogP contribution in [0, 0.1) is 11.8 Å². The lowest BCUT2D eigenvalue weighted by Crippen LogP contribution is -2.47. The Morgan fingerprint density at radius 2 is 1.70 bits per heavy atom. The number of likely N-dealkylation sites (tertiary alicyclic amines) is 1. The van der Waals surface area contributed by atoms with Crippen LogP contribution >= 0.6 is 0 Å². The number of aromatic nitrogens is 1. The summed E-state index contributed by atoms with van der Waals surface area (Å²) in [7, 11) is 5.66. The van der Waals surface area contributed by atoms with Crippen molar-refractivity contribution in [2.24, 2.45) is 0 Å². The zero-order chi connectivity index (χ0) is 30.6. The molecule has 8 nitrogen and oxygen atoms in total. The molecule has 0 spiro atoms. The molecule has 1 amide bonds. The smallest absolute Gasteiger partial charge is 0.406 e. The van der Waals surface area contributed by atoms with E-state index in [0.717, 1.165) is 50.1 Å². The van der Waals surface area contributed by atoms with Gasteiger partial charge in [-0.3, -0.25) is 4.79 Å². The Morgan fingerprint density at radius 1 is 0.977 bits per heavy atom. The molecule has 0 unspecified atom stereocenters. The molecular formula is C32H39F3N6O2. The van der Waals surface area contributed by atoms with Crippen LogP contribution in [0.4, 0.5) is 24.5 Å². The van der Waals surface area contributed by atoms with Crippen molar-refractivity contribution < 1.29 is 22.7 Å². The van der Waals surface area contributed by atoms with Crippen molar-refractivity contribution in [3.8, 4) is 17.6 Å². The number of hydrogen-bond acceptors (Lipinski definition) is 6. The zero-order valence-electron chi connectivity index (χ0n) is 24.9. The average Bonchev–Trinajstić information content (AvgIpc) is 3.33. The van der Waals surface area contributed by atoms with Crippen molar-refractivity contribution in [3.05, 3.63) is 53.7 Å². The summed E-state index contributed by atoms with van der Waals surface area (Å²) >= 11 is 0. The Balaban J connectivity index is 1.32. The Hall–Kier alpha value is -3.88. The number of piperidine rings is 1. The van der Waals surface area contributed by atoms with Crippen LogP contribution in [0.25, 0.3) is 10.9 Å². The highest BCUT2D eigenvalue weighted by molar-refractivity contribution is 5.95. The molecule has 43 heavy (non-hydrogen) atoms. The van der Waals surface area contributed by atoms with Gasteiger partial charge in [-0.25, -0.2) is 0 Å². The monoisotopic (exact) mass is 596 g/mol. The van der Waals surface area contributed by atoms with Gasteiger partial charge in [0.05, 0.1) is 30.6 Å². The maximum absolute atomic E-state index is 13.6.